The highest BCUT2D eigenvalue weighted by Gasteiger charge is 2.28. The third kappa shape index (κ3) is 6.84. The molecule has 2 rings (SSSR count). The maximum atomic E-state index is 12.8. The normalized spacial score (nSPS) is 14.1. The summed E-state index contributed by atoms with van der Waals surface area (Å²) in [6.07, 6.45) is 2.90. The zero-order valence-electron chi connectivity index (χ0n) is 18.6. The van der Waals surface area contributed by atoms with E-state index in [9.17, 15) is 9.59 Å². The molecule has 0 spiro atoms. The molecule has 1 aromatic carbocycles. The van der Waals surface area contributed by atoms with Gasteiger partial charge in [0.05, 0.1) is 0 Å². The van der Waals surface area contributed by atoms with Crippen molar-refractivity contribution in [3.05, 3.63) is 23.8 Å². The van der Waals surface area contributed by atoms with Crippen molar-refractivity contribution in [2.24, 2.45) is 17.3 Å². The molecular formula is C23H37N3O2. The van der Waals surface area contributed by atoms with Gasteiger partial charge in [0.25, 0.3) is 0 Å². The Morgan fingerprint density at radius 1 is 1.18 bits per heavy atom. The summed E-state index contributed by atoms with van der Waals surface area (Å²) in [5.74, 6) is 0.833. The number of carbonyl (C=O) groups is 2. The first kappa shape index (κ1) is 22.3. The van der Waals surface area contributed by atoms with Gasteiger partial charge < -0.3 is 15.1 Å². The Morgan fingerprint density at radius 3 is 2.32 bits per heavy atom. The summed E-state index contributed by atoms with van der Waals surface area (Å²) in [6, 6.07) is 5.98. The summed E-state index contributed by atoms with van der Waals surface area (Å²) in [5, 5.41) is 3.02. The summed E-state index contributed by atoms with van der Waals surface area (Å²) >= 11 is 0. The van der Waals surface area contributed by atoms with E-state index >= 15 is 0 Å². The van der Waals surface area contributed by atoms with Gasteiger partial charge in [-0.25, -0.2) is 0 Å². The molecule has 1 aliphatic rings. The fourth-order valence-corrected chi connectivity index (χ4v) is 3.33. The summed E-state index contributed by atoms with van der Waals surface area (Å²) in [6.45, 7) is 11.5. The minimum absolute atomic E-state index is 0.0174. The molecule has 2 amide bonds. The lowest BCUT2D eigenvalue weighted by molar-refractivity contribution is -0.135. The van der Waals surface area contributed by atoms with Crippen LogP contribution in [-0.4, -0.2) is 37.4 Å². The highest BCUT2D eigenvalue weighted by molar-refractivity contribution is 5.91. The van der Waals surface area contributed by atoms with Crippen LogP contribution >= 0.6 is 0 Å². The first-order chi connectivity index (χ1) is 13.0. The summed E-state index contributed by atoms with van der Waals surface area (Å²) < 4.78 is 0. The maximum absolute atomic E-state index is 12.8. The van der Waals surface area contributed by atoms with E-state index in [0.717, 1.165) is 23.5 Å². The van der Waals surface area contributed by atoms with Gasteiger partial charge in [-0.15, -0.1) is 0 Å². The second-order valence-electron chi connectivity index (χ2n) is 9.84. The molecule has 0 aliphatic heterocycles. The molecular weight excluding hydrogens is 350 g/mol. The van der Waals surface area contributed by atoms with Gasteiger partial charge in [-0.1, -0.05) is 34.6 Å². The van der Waals surface area contributed by atoms with Gasteiger partial charge in [-0.3, -0.25) is 9.59 Å². The third-order valence-electron chi connectivity index (χ3n) is 4.88. The van der Waals surface area contributed by atoms with Crippen LogP contribution in [0.5, 0.6) is 0 Å². The molecule has 0 saturated heterocycles. The number of nitrogens with one attached hydrogen (secondary N) is 1. The van der Waals surface area contributed by atoms with Crippen LogP contribution < -0.4 is 10.2 Å². The average molecular weight is 388 g/mol. The van der Waals surface area contributed by atoms with Crippen molar-refractivity contribution in [2.45, 2.75) is 60.4 Å². The minimum atomic E-state index is -0.0543. The number of benzene rings is 1. The van der Waals surface area contributed by atoms with Crippen LogP contribution in [0.15, 0.2) is 18.2 Å². The van der Waals surface area contributed by atoms with Crippen LogP contribution in [0.2, 0.25) is 0 Å². The molecule has 1 N–H and O–H groups in total. The van der Waals surface area contributed by atoms with Crippen LogP contribution in [0.3, 0.4) is 0 Å². The second kappa shape index (κ2) is 8.97. The molecule has 5 nitrogen and oxygen atoms in total. The monoisotopic (exact) mass is 387 g/mol. The number of carbonyl (C=O) groups excluding carboxylic acids is 2. The number of rotatable bonds is 8. The van der Waals surface area contributed by atoms with E-state index < -0.39 is 0 Å². The van der Waals surface area contributed by atoms with Crippen molar-refractivity contribution in [1.29, 1.82) is 0 Å². The average Bonchev–Trinajstić information content (AvgIpc) is 3.35. The van der Waals surface area contributed by atoms with E-state index in [1.165, 1.54) is 12.8 Å². The highest BCUT2D eigenvalue weighted by Crippen LogP contribution is 2.32. The van der Waals surface area contributed by atoms with Gasteiger partial charge >= 0.3 is 0 Å². The first-order valence-corrected chi connectivity index (χ1v) is 10.3. The Kier molecular flexibility index (Phi) is 7.13. The molecule has 0 radical (unpaired) electrons. The fourth-order valence-electron chi connectivity index (χ4n) is 3.33. The lowest BCUT2D eigenvalue weighted by Crippen LogP contribution is -2.35. The highest BCUT2D eigenvalue weighted by atomic mass is 16.2. The Labute approximate surface area is 170 Å². The Bertz CT molecular complexity index is 700. The molecule has 5 heteroatoms. The van der Waals surface area contributed by atoms with Crippen molar-refractivity contribution in [2.75, 3.05) is 30.9 Å². The molecule has 0 heterocycles. The standard InChI is InChI=1S/C23H37N3O2/c1-16(2)22(28)26(14-17-8-9-17)15-18-12-19(10-11-20(18)25(6)7)24-21(27)13-23(3,4)5/h10-12,16-17H,8-9,13-15H2,1-7H3,(H,24,27). The molecule has 1 fully saturated rings. The van der Waals surface area contributed by atoms with E-state index in [0.29, 0.717) is 18.9 Å². The number of hydrogen-bond acceptors (Lipinski definition) is 3. The number of anilines is 2. The van der Waals surface area contributed by atoms with Gasteiger partial charge in [-0.2, -0.15) is 0 Å². The van der Waals surface area contributed by atoms with Crippen molar-refractivity contribution in [3.63, 3.8) is 0 Å². The Hall–Kier alpha value is -2.04. The van der Waals surface area contributed by atoms with Crippen LogP contribution in [0.4, 0.5) is 11.4 Å². The lowest BCUT2D eigenvalue weighted by Gasteiger charge is -2.28. The van der Waals surface area contributed by atoms with Gasteiger partial charge in [-0.05, 0) is 47.9 Å². The Morgan fingerprint density at radius 2 is 1.82 bits per heavy atom. The van der Waals surface area contributed by atoms with Gasteiger partial charge in [0.1, 0.15) is 0 Å². The predicted octanol–water partition coefficient (Wildman–Crippen LogP) is 4.52. The molecule has 28 heavy (non-hydrogen) atoms. The summed E-state index contributed by atoms with van der Waals surface area (Å²) in [7, 11) is 4.01. The Balaban J connectivity index is 2.23. The molecule has 0 aromatic heterocycles. The van der Waals surface area contributed by atoms with Crippen LogP contribution in [0, 0.1) is 17.3 Å². The number of nitrogens with zero attached hydrogens (tertiary/aromatic N) is 2. The van der Waals surface area contributed by atoms with Crippen molar-refractivity contribution in [1.82, 2.24) is 4.90 Å². The molecule has 1 saturated carbocycles. The first-order valence-electron chi connectivity index (χ1n) is 10.3. The van der Waals surface area contributed by atoms with Crippen LogP contribution in [-0.2, 0) is 16.1 Å². The predicted molar refractivity (Wildman–Crippen MR) is 116 cm³/mol. The smallest absolute Gasteiger partial charge is 0.225 e. The minimum Gasteiger partial charge on any atom is -0.377 e. The molecule has 0 bridgehead atoms. The van der Waals surface area contributed by atoms with E-state index in [1.807, 2.05) is 51.0 Å². The van der Waals surface area contributed by atoms with Crippen molar-refractivity contribution < 1.29 is 9.59 Å². The summed E-state index contributed by atoms with van der Waals surface area (Å²) in [4.78, 5) is 29.2. The molecule has 1 aromatic rings. The third-order valence-corrected chi connectivity index (χ3v) is 4.88. The second-order valence-corrected chi connectivity index (χ2v) is 9.84. The van der Waals surface area contributed by atoms with Crippen LogP contribution in [0.1, 0.15) is 59.4 Å². The van der Waals surface area contributed by atoms with Crippen molar-refractivity contribution in [3.8, 4) is 0 Å². The SMILES string of the molecule is CC(C)C(=O)N(Cc1cc(NC(=O)CC(C)(C)C)ccc1N(C)C)CC1CC1. The van der Waals surface area contributed by atoms with E-state index in [1.54, 1.807) is 0 Å². The fraction of sp³-hybridized carbons (Fsp3) is 0.652. The van der Waals surface area contributed by atoms with Gasteiger partial charge in [0.15, 0.2) is 0 Å². The number of hydrogen-bond donors (Lipinski definition) is 1. The molecule has 0 atom stereocenters. The van der Waals surface area contributed by atoms with E-state index in [-0.39, 0.29) is 23.1 Å². The van der Waals surface area contributed by atoms with Crippen molar-refractivity contribution >= 4 is 23.2 Å². The largest absolute Gasteiger partial charge is 0.377 e. The van der Waals surface area contributed by atoms with E-state index in [4.69, 9.17) is 0 Å². The van der Waals surface area contributed by atoms with Gasteiger partial charge in [0.2, 0.25) is 11.8 Å². The zero-order chi connectivity index (χ0) is 21.1. The van der Waals surface area contributed by atoms with Gasteiger partial charge in [0, 0.05) is 50.9 Å². The molecule has 156 valence electrons. The lowest BCUT2D eigenvalue weighted by atomic mass is 9.92. The number of amides is 2. The quantitative estimate of drug-likeness (QED) is 0.713. The molecule has 1 aliphatic carbocycles. The van der Waals surface area contributed by atoms with Crippen LogP contribution in [0.25, 0.3) is 0 Å². The maximum Gasteiger partial charge on any atom is 0.225 e. The summed E-state index contributed by atoms with van der Waals surface area (Å²) in [5.41, 5.74) is 2.87. The van der Waals surface area contributed by atoms with E-state index in [2.05, 4.69) is 31.0 Å². The molecule has 0 unspecified atom stereocenters. The topological polar surface area (TPSA) is 52.7 Å². The zero-order valence-corrected chi connectivity index (χ0v) is 18.6.